The van der Waals surface area contributed by atoms with Gasteiger partial charge in [0.25, 0.3) is 0 Å². The Balaban J connectivity index is 0.000000360. The molecule has 0 unspecified atom stereocenters. The first kappa shape index (κ1) is 23.0. The highest BCUT2D eigenvalue weighted by atomic mass is 19.4. The molecule has 32 heavy (non-hydrogen) atoms. The van der Waals surface area contributed by atoms with E-state index in [1.54, 1.807) is 12.1 Å². The lowest BCUT2D eigenvalue weighted by Gasteiger charge is -2.12. The van der Waals surface area contributed by atoms with Crippen LogP contribution < -0.4 is 0 Å². The van der Waals surface area contributed by atoms with Crippen molar-refractivity contribution in [3.8, 4) is 22.7 Å². The number of nitrogens with zero attached hydrogens (tertiary/aromatic N) is 2. The third kappa shape index (κ3) is 5.13. The zero-order valence-corrected chi connectivity index (χ0v) is 17.3. The standard InChI is InChI=1S/C20H18FN3O.C2HF3O2/c1-20(2,3)18-11-17(25-24-18)19-22-15-9-8-12(10-16(15)23-19)13-6-4-5-7-14(13)21;3-2(4,5)1(6)7/h4-11H,1-3H3,(H,22,23);(H,6,7). The summed E-state index contributed by atoms with van der Waals surface area (Å²) in [5.41, 5.74) is 3.76. The van der Waals surface area contributed by atoms with Crippen LogP contribution in [-0.2, 0) is 10.2 Å². The predicted molar refractivity (Wildman–Crippen MR) is 109 cm³/mol. The minimum Gasteiger partial charge on any atom is -0.475 e. The number of hydrogen-bond donors (Lipinski definition) is 2. The van der Waals surface area contributed by atoms with Crippen LogP contribution in [0.1, 0.15) is 26.5 Å². The van der Waals surface area contributed by atoms with Crippen molar-refractivity contribution in [3.05, 3.63) is 60.0 Å². The number of fused-ring (bicyclic) bond motifs is 1. The van der Waals surface area contributed by atoms with Crippen molar-refractivity contribution in [3.63, 3.8) is 0 Å². The number of hydrogen-bond acceptors (Lipinski definition) is 4. The number of carboxylic acids is 1. The number of imidazole rings is 1. The number of nitrogens with one attached hydrogen (secondary N) is 1. The average Bonchev–Trinajstić information content (AvgIpc) is 3.34. The molecule has 0 amide bonds. The first-order chi connectivity index (χ1) is 14.9. The van der Waals surface area contributed by atoms with E-state index in [-0.39, 0.29) is 11.2 Å². The van der Waals surface area contributed by atoms with Crippen molar-refractivity contribution < 1.29 is 32.0 Å². The number of H-pyrrole nitrogens is 1. The summed E-state index contributed by atoms with van der Waals surface area (Å²) in [6.45, 7) is 6.23. The number of alkyl halides is 3. The summed E-state index contributed by atoms with van der Waals surface area (Å²) in [5, 5.41) is 11.3. The van der Waals surface area contributed by atoms with Gasteiger partial charge in [0, 0.05) is 17.0 Å². The van der Waals surface area contributed by atoms with Crippen LogP contribution in [0.15, 0.2) is 53.1 Å². The number of aromatic amines is 1. The van der Waals surface area contributed by atoms with E-state index >= 15 is 0 Å². The van der Waals surface area contributed by atoms with Crippen molar-refractivity contribution in [1.82, 2.24) is 15.1 Å². The lowest BCUT2D eigenvalue weighted by Crippen LogP contribution is -2.21. The van der Waals surface area contributed by atoms with Crippen molar-refractivity contribution in [2.75, 3.05) is 0 Å². The Morgan fingerprint density at radius 1 is 1.06 bits per heavy atom. The topological polar surface area (TPSA) is 92.0 Å². The second kappa shape index (κ2) is 8.45. The molecule has 0 aliphatic rings. The molecular weight excluding hydrogens is 430 g/mol. The lowest BCUT2D eigenvalue weighted by atomic mass is 9.92. The van der Waals surface area contributed by atoms with E-state index in [0.29, 0.717) is 17.1 Å². The van der Waals surface area contributed by atoms with E-state index in [1.807, 2.05) is 30.3 Å². The normalized spacial score (nSPS) is 11.8. The largest absolute Gasteiger partial charge is 0.490 e. The molecule has 2 aromatic carbocycles. The van der Waals surface area contributed by atoms with Gasteiger partial charge in [0.2, 0.25) is 5.76 Å². The molecule has 4 aromatic rings. The van der Waals surface area contributed by atoms with Gasteiger partial charge in [-0.05, 0) is 23.8 Å². The maximum Gasteiger partial charge on any atom is 0.490 e. The van der Waals surface area contributed by atoms with E-state index in [1.165, 1.54) is 6.07 Å². The average molecular weight is 449 g/mol. The van der Waals surface area contributed by atoms with E-state index < -0.39 is 12.1 Å². The monoisotopic (exact) mass is 449 g/mol. The zero-order valence-electron chi connectivity index (χ0n) is 17.3. The number of rotatable bonds is 2. The Hall–Kier alpha value is -3.69. The van der Waals surface area contributed by atoms with Crippen LogP contribution in [0.2, 0.25) is 0 Å². The van der Waals surface area contributed by atoms with Gasteiger partial charge in [-0.1, -0.05) is 50.2 Å². The smallest absolute Gasteiger partial charge is 0.475 e. The summed E-state index contributed by atoms with van der Waals surface area (Å²) in [4.78, 5) is 16.7. The maximum atomic E-state index is 14.0. The third-order valence-electron chi connectivity index (χ3n) is 4.42. The second-order valence-electron chi connectivity index (χ2n) is 7.93. The van der Waals surface area contributed by atoms with Crippen LogP contribution >= 0.6 is 0 Å². The number of aromatic nitrogens is 3. The second-order valence-corrected chi connectivity index (χ2v) is 7.93. The molecule has 0 saturated carbocycles. The molecule has 0 aliphatic carbocycles. The van der Waals surface area contributed by atoms with Crippen molar-refractivity contribution in [1.29, 1.82) is 0 Å². The highest BCUT2D eigenvalue weighted by Gasteiger charge is 2.38. The molecule has 0 aliphatic heterocycles. The van der Waals surface area contributed by atoms with Crippen LogP contribution in [0.5, 0.6) is 0 Å². The number of carbonyl (C=O) groups is 1. The molecule has 168 valence electrons. The number of carboxylic acid groups (broad SMARTS) is 1. The van der Waals surface area contributed by atoms with Crippen molar-refractivity contribution in [2.24, 2.45) is 0 Å². The summed E-state index contributed by atoms with van der Waals surface area (Å²) < 4.78 is 51.2. The van der Waals surface area contributed by atoms with Gasteiger partial charge >= 0.3 is 12.1 Å². The number of halogens is 4. The van der Waals surface area contributed by atoms with Gasteiger partial charge in [-0.15, -0.1) is 0 Å². The number of benzene rings is 2. The molecule has 2 aromatic heterocycles. The fraction of sp³-hybridized carbons (Fsp3) is 0.227. The molecule has 0 fully saturated rings. The molecule has 10 heteroatoms. The van der Waals surface area contributed by atoms with E-state index in [2.05, 4.69) is 35.9 Å². The van der Waals surface area contributed by atoms with E-state index in [9.17, 15) is 17.6 Å². The van der Waals surface area contributed by atoms with E-state index in [0.717, 1.165) is 22.3 Å². The molecule has 6 nitrogen and oxygen atoms in total. The fourth-order valence-electron chi connectivity index (χ4n) is 2.73. The van der Waals surface area contributed by atoms with Gasteiger partial charge in [-0.2, -0.15) is 13.2 Å². The summed E-state index contributed by atoms with van der Waals surface area (Å²) in [5.74, 6) is -1.80. The van der Waals surface area contributed by atoms with Gasteiger partial charge in [0.1, 0.15) is 5.82 Å². The molecule has 4 rings (SSSR count). The maximum absolute atomic E-state index is 14.0. The quantitative estimate of drug-likeness (QED) is 0.369. The van der Waals surface area contributed by atoms with Crippen LogP contribution in [0.4, 0.5) is 17.6 Å². The van der Waals surface area contributed by atoms with Crippen LogP contribution in [0.3, 0.4) is 0 Å². The van der Waals surface area contributed by atoms with E-state index in [4.69, 9.17) is 14.4 Å². The van der Waals surface area contributed by atoms with Crippen molar-refractivity contribution in [2.45, 2.75) is 32.4 Å². The summed E-state index contributed by atoms with van der Waals surface area (Å²) in [6, 6.07) is 14.3. The summed E-state index contributed by atoms with van der Waals surface area (Å²) >= 11 is 0. The molecule has 0 spiro atoms. The highest BCUT2D eigenvalue weighted by Crippen LogP contribution is 2.29. The first-order valence-corrected chi connectivity index (χ1v) is 9.38. The molecule has 0 atom stereocenters. The minimum absolute atomic E-state index is 0.0915. The van der Waals surface area contributed by atoms with Gasteiger partial charge in [-0.3, -0.25) is 0 Å². The molecule has 2 heterocycles. The van der Waals surface area contributed by atoms with Gasteiger partial charge in [0.15, 0.2) is 5.82 Å². The Morgan fingerprint density at radius 2 is 1.72 bits per heavy atom. The molecule has 2 N–H and O–H groups in total. The molecule has 0 saturated heterocycles. The molecular formula is C22H19F4N3O3. The van der Waals surface area contributed by atoms with Gasteiger partial charge in [-0.25, -0.2) is 14.2 Å². The molecule has 0 radical (unpaired) electrons. The van der Waals surface area contributed by atoms with Crippen LogP contribution in [-0.4, -0.2) is 32.4 Å². The van der Waals surface area contributed by atoms with Gasteiger partial charge < -0.3 is 14.6 Å². The Labute approximate surface area is 179 Å². The SMILES string of the molecule is CC(C)(C)c1cc(-c2nc3ccc(-c4ccccc4F)cc3[nH]2)on1.O=C(O)C(F)(F)F. The Kier molecular flexibility index (Phi) is 6.07. The Morgan fingerprint density at radius 3 is 2.28 bits per heavy atom. The lowest BCUT2D eigenvalue weighted by molar-refractivity contribution is -0.192. The fourth-order valence-corrected chi connectivity index (χ4v) is 2.73. The summed E-state index contributed by atoms with van der Waals surface area (Å²) in [6.07, 6.45) is -5.08. The third-order valence-corrected chi connectivity index (χ3v) is 4.42. The predicted octanol–water partition coefficient (Wildman–Crippen LogP) is 5.95. The van der Waals surface area contributed by atoms with Crippen molar-refractivity contribution >= 4 is 17.0 Å². The first-order valence-electron chi connectivity index (χ1n) is 9.38. The van der Waals surface area contributed by atoms with Crippen LogP contribution in [0.25, 0.3) is 33.7 Å². The van der Waals surface area contributed by atoms with Crippen LogP contribution in [0, 0.1) is 5.82 Å². The Bertz CT molecular complexity index is 1250. The zero-order chi connectivity index (χ0) is 23.7. The summed E-state index contributed by atoms with van der Waals surface area (Å²) in [7, 11) is 0. The minimum atomic E-state index is -5.08. The highest BCUT2D eigenvalue weighted by molar-refractivity contribution is 5.84. The van der Waals surface area contributed by atoms with Gasteiger partial charge in [0.05, 0.1) is 16.7 Å². The molecule has 0 bridgehead atoms. The number of aliphatic carboxylic acids is 1.